The Bertz CT molecular complexity index is 365. The third-order valence-electron chi connectivity index (χ3n) is 2.87. The van der Waals surface area contributed by atoms with Gasteiger partial charge in [0.25, 0.3) is 5.91 Å². The molecule has 4 heteroatoms. The molecule has 1 fully saturated rings. The summed E-state index contributed by atoms with van der Waals surface area (Å²) in [6.45, 7) is 8.56. The number of amides is 1. The van der Waals surface area contributed by atoms with E-state index in [0.717, 1.165) is 38.2 Å². The average molecular weight is 237 g/mol. The standard InChI is InChI=1S/C11H17N3O.C2H6/c1-2-13-8-9(12)7-10(13)11(15)14-5-3-4-6-14;1-2/h7-8H,2-6,12H2,1H3;1-2H3. The SMILES string of the molecule is CC.CCn1cc(N)cc1C(=O)N1CCCC1. The summed E-state index contributed by atoms with van der Waals surface area (Å²) >= 11 is 0. The highest BCUT2D eigenvalue weighted by atomic mass is 16.2. The lowest BCUT2D eigenvalue weighted by Gasteiger charge is -2.16. The number of hydrogen-bond acceptors (Lipinski definition) is 2. The summed E-state index contributed by atoms with van der Waals surface area (Å²) in [7, 11) is 0. The first-order chi connectivity index (χ1) is 8.22. The molecule has 1 aliphatic heterocycles. The van der Waals surface area contributed by atoms with Crippen molar-refractivity contribution in [1.82, 2.24) is 9.47 Å². The van der Waals surface area contributed by atoms with E-state index in [1.807, 2.05) is 36.4 Å². The number of nitrogen functional groups attached to an aromatic ring is 1. The maximum absolute atomic E-state index is 12.1. The Balaban J connectivity index is 0.000000686. The molecule has 1 aromatic rings. The van der Waals surface area contributed by atoms with Gasteiger partial charge < -0.3 is 15.2 Å². The van der Waals surface area contributed by atoms with Crippen molar-refractivity contribution in [2.24, 2.45) is 0 Å². The molecule has 0 spiro atoms. The van der Waals surface area contributed by atoms with Gasteiger partial charge in [-0.3, -0.25) is 4.79 Å². The van der Waals surface area contributed by atoms with Gasteiger partial charge in [-0.25, -0.2) is 0 Å². The minimum atomic E-state index is 0.117. The predicted molar refractivity (Wildman–Crippen MR) is 71.0 cm³/mol. The fourth-order valence-electron chi connectivity index (χ4n) is 2.06. The number of aryl methyl sites for hydroxylation is 1. The van der Waals surface area contributed by atoms with Crippen LogP contribution in [0.5, 0.6) is 0 Å². The quantitative estimate of drug-likeness (QED) is 0.858. The minimum absolute atomic E-state index is 0.117. The first-order valence-electron chi connectivity index (χ1n) is 6.47. The first-order valence-corrected chi connectivity index (χ1v) is 6.47. The van der Waals surface area contributed by atoms with Crippen LogP contribution in [-0.2, 0) is 6.54 Å². The Labute approximate surface area is 103 Å². The van der Waals surface area contributed by atoms with Crippen LogP contribution in [-0.4, -0.2) is 28.5 Å². The lowest BCUT2D eigenvalue weighted by atomic mass is 10.3. The van der Waals surface area contributed by atoms with E-state index in [-0.39, 0.29) is 5.91 Å². The highest BCUT2D eigenvalue weighted by molar-refractivity contribution is 5.94. The van der Waals surface area contributed by atoms with Crippen LogP contribution < -0.4 is 5.73 Å². The van der Waals surface area contributed by atoms with E-state index in [4.69, 9.17) is 5.73 Å². The Morgan fingerprint density at radius 2 is 1.94 bits per heavy atom. The molecule has 0 aromatic carbocycles. The predicted octanol–water partition coefficient (Wildman–Crippen LogP) is 2.35. The van der Waals surface area contributed by atoms with Gasteiger partial charge in [0.15, 0.2) is 0 Å². The molecular formula is C13H23N3O. The van der Waals surface area contributed by atoms with Gasteiger partial charge in [-0.2, -0.15) is 0 Å². The van der Waals surface area contributed by atoms with Crippen molar-refractivity contribution in [3.8, 4) is 0 Å². The number of rotatable bonds is 2. The molecular weight excluding hydrogens is 214 g/mol. The fourth-order valence-corrected chi connectivity index (χ4v) is 2.06. The van der Waals surface area contributed by atoms with Crippen LogP contribution >= 0.6 is 0 Å². The third kappa shape index (κ3) is 3.02. The number of anilines is 1. The van der Waals surface area contributed by atoms with Gasteiger partial charge in [-0.1, -0.05) is 13.8 Å². The van der Waals surface area contributed by atoms with Gasteiger partial charge in [0, 0.05) is 25.8 Å². The number of carbonyl (C=O) groups is 1. The van der Waals surface area contributed by atoms with E-state index >= 15 is 0 Å². The fraction of sp³-hybridized carbons (Fsp3) is 0.615. The number of nitrogens with two attached hydrogens (primary N) is 1. The summed E-state index contributed by atoms with van der Waals surface area (Å²) < 4.78 is 1.91. The number of likely N-dealkylation sites (tertiary alicyclic amines) is 1. The molecule has 1 saturated heterocycles. The summed E-state index contributed by atoms with van der Waals surface area (Å²) in [4.78, 5) is 14.0. The summed E-state index contributed by atoms with van der Waals surface area (Å²) in [5.74, 6) is 0.117. The molecule has 4 nitrogen and oxygen atoms in total. The van der Waals surface area contributed by atoms with E-state index in [1.54, 1.807) is 6.07 Å². The molecule has 0 bridgehead atoms. The molecule has 0 aliphatic carbocycles. The van der Waals surface area contributed by atoms with Gasteiger partial charge in [-0.15, -0.1) is 0 Å². The number of nitrogens with zero attached hydrogens (tertiary/aromatic N) is 2. The maximum Gasteiger partial charge on any atom is 0.270 e. The first kappa shape index (κ1) is 13.6. The molecule has 1 aliphatic rings. The molecule has 1 amide bonds. The van der Waals surface area contributed by atoms with Crippen molar-refractivity contribution in [2.75, 3.05) is 18.8 Å². The second-order valence-electron chi connectivity index (χ2n) is 3.94. The molecule has 96 valence electrons. The molecule has 2 rings (SSSR count). The van der Waals surface area contributed by atoms with Crippen molar-refractivity contribution in [3.05, 3.63) is 18.0 Å². The molecule has 2 heterocycles. The second-order valence-corrected chi connectivity index (χ2v) is 3.94. The monoisotopic (exact) mass is 237 g/mol. The van der Waals surface area contributed by atoms with Crippen molar-refractivity contribution in [1.29, 1.82) is 0 Å². The summed E-state index contributed by atoms with van der Waals surface area (Å²) in [5.41, 5.74) is 7.09. The maximum atomic E-state index is 12.1. The average Bonchev–Trinajstić information content (AvgIpc) is 2.99. The molecule has 1 aromatic heterocycles. The molecule has 0 saturated carbocycles. The van der Waals surface area contributed by atoms with Gasteiger partial charge in [0.1, 0.15) is 5.69 Å². The van der Waals surface area contributed by atoms with E-state index in [2.05, 4.69) is 0 Å². The van der Waals surface area contributed by atoms with Crippen LogP contribution in [0, 0.1) is 0 Å². The molecule has 2 N–H and O–H groups in total. The Hall–Kier alpha value is -1.45. The lowest BCUT2D eigenvalue weighted by Crippen LogP contribution is -2.29. The van der Waals surface area contributed by atoms with Gasteiger partial charge in [-0.05, 0) is 25.8 Å². The van der Waals surface area contributed by atoms with Crippen LogP contribution in [0.25, 0.3) is 0 Å². The van der Waals surface area contributed by atoms with Gasteiger partial charge in [0.05, 0.1) is 5.69 Å². The number of aromatic nitrogens is 1. The van der Waals surface area contributed by atoms with Gasteiger partial charge in [0.2, 0.25) is 0 Å². The molecule has 0 unspecified atom stereocenters. The second kappa shape index (κ2) is 6.33. The summed E-state index contributed by atoms with van der Waals surface area (Å²) in [6, 6.07) is 1.77. The Morgan fingerprint density at radius 1 is 1.35 bits per heavy atom. The van der Waals surface area contributed by atoms with Crippen molar-refractivity contribution in [3.63, 3.8) is 0 Å². The van der Waals surface area contributed by atoms with Crippen LogP contribution in [0.4, 0.5) is 5.69 Å². The highest BCUT2D eigenvalue weighted by Gasteiger charge is 2.22. The van der Waals surface area contributed by atoms with E-state index in [9.17, 15) is 4.79 Å². The van der Waals surface area contributed by atoms with Crippen molar-refractivity contribution < 1.29 is 4.79 Å². The zero-order valence-electron chi connectivity index (χ0n) is 11.1. The van der Waals surface area contributed by atoms with E-state index in [1.165, 1.54) is 0 Å². The summed E-state index contributed by atoms with van der Waals surface area (Å²) in [6.07, 6.45) is 4.06. The smallest absolute Gasteiger partial charge is 0.270 e. The minimum Gasteiger partial charge on any atom is -0.397 e. The van der Waals surface area contributed by atoms with E-state index in [0.29, 0.717) is 5.69 Å². The molecule has 0 radical (unpaired) electrons. The number of carbonyl (C=O) groups excluding carboxylic acids is 1. The Morgan fingerprint density at radius 3 is 2.47 bits per heavy atom. The third-order valence-corrected chi connectivity index (χ3v) is 2.87. The molecule has 0 atom stereocenters. The van der Waals surface area contributed by atoms with Crippen molar-refractivity contribution >= 4 is 11.6 Å². The summed E-state index contributed by atoms with van der Waals surface area (Å²) in [5, 5.41) is 0. The number of hydrogen-bond donors (Lipinski definition) is 1. The zero-order valence-corrected chi connectivity index (χ0v) is 11.1. The molecule has 17 heavy (non-hydrogen) atoms. The van der Waals surface area contributed by atoms with Crippen molar-refractivity contribution in [2.45, 2.75) is 40.2 Å². The van der Waals surface area contributed by atoms with Crippen LogP contribution in [0.1, 0.15) is 44.1 Å². The normalized spacial score (nSPS) is 14.4. The van der Waals surface area contributed by atoms with Crippen LogP contribution in [0.2, 0.25) is 0 Å². The topological polar surface area (TPSA) is 51.3 Å². The van der Waals surface area contributed by atoms with Crippen LogP contribution in [0.15, 0.2) is 12.3 Å². The zero-order chi connectivity index (χ0) is 12.8. The Kier molecular flexibility index (Phi) is 5.07. The van der Waals surface area contributed by atoms with Gasteiger partial charge >= 0.3 is 0 Å². The largest absolute Gasteiger partial charge is 0.397 e. The van der Waals surface area contributed by atoms with Crippen LogP contribution in [0.3, 0.4) is 0 Å². The lowest BCUT2D eigenvalue weighted by molar-refractivity contribution is 0.0782. The van der Waals surface area contributed by atoms with E-state index < -0.39 is 0 Å². The highest BCUT2D eigenvalue weighted by Crippen LogP contribution is 2.16.